The molecular formula is C10H11N3O2. The van der Waals surface area contributed by atoms with Crippen LogP contribution >= 0.6 is 0 Å². The van der Waals surface area contributed by atoms with Crippen molar-refractivity contribution in [2.45, 2.75) is 6.92 Å². The molecule has 0 aliphatic rings. The van der Waals surface area contributed by atoms with Gasteiger partial charge in [-0.15, -0.1) is 0 Å². The van der Waals surface area contributed by atoms with Gasteiger partial charge in [0, 0.05) is 17.3 Å². The number of hydrogen-bond acceptors (Lipinski definition) is 5. The van der Waals surface area contributed by atoms with Crippen LogP contribution in [0.15, 0.2) is 22.7 Å². The number of rotatable bonds is 2. The second-order valence-corrected chi connectivity index (χ2v) is 3.10. The minimum Gasteiger partial charge on any atom is -0.481 e. The first kappa shape index (κ1) is 9.51. The molecule has 0 bridgehead atoms. The molecule has 5 nitrogen and oxygen atoms in total. The maximum Gasteiger partial charge on any atom is 0.292 e. The highest BCUT2D eigenvalue weighted by molar-refractivity contribution is 5.59. The summed E-state index contributed by atoms with van der Waals surface area (Å²) in [4.78, 5) is 8.00. The second-order valence-electron chi connectivity index (χ2n) is 3.10. The molecule has 0 amide bonds. The van der Waals surface area contributed by atoms with Crippen LogP contribution in [0.4, 0.5) is 6.01 Å². The Bertz CT molecular complexity index is 479. The first-order valence-electron chi connectivity index (χ1n) is 4.43. The molecule has 0 radical (unpaired) electrons. The molecule has 0 aliphatic carbocycles. The normalized spacial score (nSPS) is 10.3. The maximum atomic E-state index is 5.40. The zero-order valence-corrected chi connectivity index (χ0v) is 8.52. The van der Waals surface area contributed by atoms with Crippen molar-refractivity contribution in [3.05, 3.63) is 24.0 Å². The molecule has 15 heavy (non-hydrogen) atoms. The van der Waals surface area contributed by atoms with Crippen molar-refractivity contribution in [1.82, 2.24) is 9.97 Å². The maximum absolute atomic E-state index is 5.40. The lowest BCUT2D eigenvalue weighted by Crippen LogP contribution is -1.90. The summed E-state index contributed by atoms with van der Waals surface area (Å²) in [5, 5.41) is 0. The summed E-state index contributed by atoms with van der Waals surface area (Å²) in [6.07, 6.45) is 1.57. The molecule has 0 fully saturated rings. The van der Waals surface area contributed by atoms with E-state index in [1.54, 1.807) is 19.4 Å². The Morgan fingerprint density at radius 2 is 2.20 bits per heavy atom. The van der Waals surface area contributed by atoms with Crippen LogP contribution in [0.3, 0.4) is 0 Å². The molecule has 2 aromatic heterocycles. The highest BCUT2D eigenvalue weighted by atomic mass is 16.5. The van der Waals surface area contributed by atoms with Gasteiger partial charge in [0.15, 0.2) is 5.76 Å². The van der Waals surface area contributed by atoms with Gasteiger partial charge in [-0.05, 0) is 13.0 Å². The van der Waals surface area contributed by atoms with Crippen LogP contribution < -0.4 is 10.5 Å². The summed E-state index contributed by atoms with van der Waals surface area (Å²) in [6.45, 7) is 1.88. The Morgan fingerprint density at radius 3 is 2.80 bits per heavy atom. The van der Waals surface area contributed by atoms with E-state index in [1.807, 2.05) is 13.0 Å². The topological polar surface area (TPSA) is 74.2 Å². The third kappa shape index (κ3) is 1.90. The van der Waals surface area contributed by atoms with Crippen molar-refractivity contribution in [2.75, 3.05) is 12.8 Å². The van der Waals surface area contributed by atoms with E-state index in [0.29, 0.717) is 11.6 Å². The molecule has 78 valence electrons. The highest BCUT2D eigenvalue weighted by Crippen LogP contribution is 2.24. The van der Waals surface area contributed by atoms with E-state index in [1.165, 1.54) is 0 Å². The molecule has 2 heterocycles. The third-order valence-corrected chi connectivity index (χ3v) is 1.95. The van der Waals surface area contributed by atoms with Crippen molar-refractivity contribution >= 4 is 6.01 Å². The Hall–Kier alpha value is -2.04. The van der Waals surface area contributed by atoms with Crippen molar-refractivity contribution in [3.63, 3.8) is 0 Å². The smallest absolute Gasteiger partial charge is 0.292 e. The molecular weight excluding hydrogens is 194 g/mol. The van der Waals surface area contributed by atoms with E-state index in [4.69, 9.17) is 14.9 Å². The zero-order chi connectivity index (χ0) is 10.8. The van der Waals surface area contributed by atoms with Crippen molar-refractivity contribution < 1.29 is 9.15 Å². The van der Waals surface area contributed by atoms with Crippen molar-refractivity contribution in [3.8, 4) is 17.2 Å². The molecule has 0 atom stereocenters. The fraction of sp³-hybridized carbons (Fsp3) is 0.200. The van der Waals surface area contributed by atoms with Crippen LogP contribution in [0.5, 0.6) is 5.88 Å². The van der Waals surface area contributed by atoms with E-state index < -0.39 is 0 Å². The Kier molecular flexibility index (Phi) is 2.29. The molecule has 0 saturated heterocycles. The third-order valence-electron chi connectivity index (χ3n) is 1.95. The van der Waals surface area contributed by atoms with E-state index in [0.717, 1.165) is 11.3 Å². The van der Waals surface area contributed by atoms with Crippen LogP contribution in [0, 0.1) is 6.92 Å². The summed E-state index contributed by atoms with van der Waals surface area (Å²) in [5.74, 6) is 1.15. The number of oxazole rings is 1. The van der Waals surface area contributed by atoms with Crippen LogP contribution in [0.2, 0.25) is 0 Å². The zero-order valence-electron chi connectivity index (χ0n) is 8.52. The lowest BCUT2D eigenvalue weighted by molar-refractivity contribution is 0.397. The summed E-state index contributed by atoms with van der Waals surface area (Å²) in [6, 6.07) is 3.80. The molecule has 0 saturated carbocycles. The van der Waals surface area contributed by atoms with Gasteiger partial charge in [0.2, 0.25) is 5.88 Å². The quantitative estimate of drug-likeness (QED) is 0.806. The number of ether oxygens (including phenoxy) is 1. The van der Waals surface area contributed by atoms with Gasteiger partial charge in [-0.3, -0.25) is 0 Å². The van der Waals surface area contributed by atoms with Crippen LogP contribution in [-0.4, -0.2) is 17.1 Å². The van der Waals surface area contributed by atoms with Crippen LogP contribution in [0.25, 0.3) is 11.3 Å². The molecule has 5 heteroatoms. The monoisotopic (exact) mass is 205 g/mol. The van der Waals surface area contributed by atoms with E-state index in [-0.39, 0.29) is 6.01 Å². The van der Waals surface area contributed by atoms with Gasteiger partial charge in [0.05, 0.1) is 13.3 Å². The SMILES string of the molecule is COc1cc(-c2cnc(N)o2)cc(C)n1. The summed E-state index contributed by atoms with van der Waals surface area (Å²) >= 11 is 0. The predicted octanol–water partition coefficient (Wildman–Crippen LogP) is 1.64. The van der Waals surface area contributed by atoms with Crippen LogP contribution in [-0.2, 0) is 0 Å². The Labute approximate surface area is 86.9 Å². The molecule has 0 aliphatic heterocycles. The summed E-state index contributed by atoms with van der Waals surface area (Å²) < 4.78 is 10.3. The number of nitrogens with two attached hydrogens (primary N) is 1. The van der Waals surface area contributed by atoms with Gasteiger partial charge in [-0.25, -0.2) is 9.97 Å². The van der Waals surface area contributed by atoms with Gasteiger partial charge in [-0.2, -0.15) is 0 Å². The van der Waals surface area contributed by atoms with E-state index >= 15 is 0 Å². The fourth-order valence-corrected chi connectivity index (χ4v) is 1.31. The number of nitrogen functional groups attached to an aromatic ring is 1. The van der Waals surface area contributed by atoms with Gasteiger partial charge in [0.25, 0.3) is 6.01 Å². The average molecular weight is 205 g/mol. The Balaban J connectivity index is 2.48. The van der Waals surface area contributed by atoms with Crippen molar-refractivity contribution in [2.24, 2.45) is 0 Å². The molecule has 0 unspecified atom stereocenters. The summed E-state index contributed by atoms with van der Waals surface area (Å²) in [7, 11) is 1.57. The largest absolute Gasteiger partial charge is 0.481 e. The van der Waals surface area contributed by atoms with Crippen molar-refractivity contribution in [1.29, 1.82) is 0 Å². The number of pyridine rings is 1. The number of aromatic nitrogens is 2. The molecule has 2 rings (SSSR count). The van der Waals surface area contributed by atoms with Gasteiger partial charge in [-0.1, -0.05) is 0 Å². The van der Waals surface area contributed by atoms with E-state index in [2.05, 4.69) is 9.97 Å². The standard InChI is InChI=1S/C10H11N3O2/c1-6-3-7(4-9(13-6)14-2)8-5-12-10(11)15-8/h3-5H,1-2H3,(H2,11,12). The lowest BCUT2D eigenvalue weighted by atomic mass is 10.2. The number of aryl methyl sites for hydroxylation is 1. The number of hydrogen-bond donors (Lipinski definition) is 1. The molecule has 0 spiro atoms. The summed E-state index contributed by atoms with van der Waals surface area (Å²) in [5.41, 5.74) is 7.10. The van der Waals surface area contributed by atoms with Crippen LogP contribution in [0.1, 0.15) is 5.69 Å². The molecule has 2 N–H and O–H groups in total. The number of methoxy groups -OCH3 is 1. The Morgan fingerprint density at radius 1 is 1.40 bits per heavy atom. The van der Waals surface area contributed by atoms with Gasteiger partial charge in [0.1, 0.15) is 0 Å². The first-order valence-corrected chi connectivity index (χ1v) is 4.43. The first-order chi connectivity index (χ1) is 7.19. The minimum atomic E-state index is 0.151. The molecule has 0 aromatic carbocycles. The highest BCUT2D eigenvalue weighted by Gasteiger charge is 2.07. The number of nitrogens with zero attached hydrogens (tertiary/aromatic N) is 2. The number of anilines is 1. The minimum absolute atomic E-state index is 0.151. The second kappa shape index (κ2) is 3.61. The molecule has 2 aromatic rings. The average Bonchev–Trinajstić information content (AvgIpc) is 2.64. The van der Waals surface area contributed by atoms with Gasteiger partial charge < -0.3 is 14.9 Å². The van der Waals surface area contributed by atoms with E-state index in [9.17, 15) is 0 Å². The fourth-order valence-electron chi connectivity index (χ4n) is 1.31. The lowest BCUT2D eigenvalue weighted by Gasteiger charge is -2.02. The predicted molar refractivity (Wildman–Crippen MR) is 55.4 cm³/mol. The van der Waals surface area contributed by atoms with Gasteiger partial charge >= 0.3 is 0 Å².